The standard InChI is InChI=1S/C16H26N2S/c1-15(2)9-17-14(19-10-15)18-16-6-11-3-12(7-16)5-13(4-11)8-16/h11-13H,3-10H2,1-2H3,(H,17,18). The fraction of sp³-hybridized carbons (Fsp3) is 0.938. The highest BCUT2D eigenvalue weighted by atomic mass is 32.2. The molecule has 0 atom stereocenters. The van der Waals surface area contributed by atoms with E-state index < -0.39 is 0 Å². The summed E-state index contributed by atoms with van der Waals surface area (Å²) in [4.78, 5) is 4.83. The molecule has 4 aliphatic carbocycles. The van der Waals surface area contributed by atoms with Crippen molar-refractivity contribution in [1.29, 1.82) is 0 Å². The lowest BCUT2D eigenvalue weighted by atomic mass is 9.53. The highest BCUT2D eigenvalue weighted by molar-refractivity contribution is 8.13. The van der Waals surface area contributed by atoms with E-state index in [0.717, 1.165) is 24.3 Å². The Kier molecular flexibility index (Phi) is 2.75. The van der Waals surface area contributed by atoms with Crippen LogP contribution in [-0.2, 0) is 0 Å². The number of nitrogens with one attached hydrogen (secondary N) is 1. The van der Waals surface area contributed by atoms with Gasteiger partial charge in [-0.2, -0.15) is 0 Å². The van der Waals surface area contributed by atoms with Crippen molar-refractivity contribution in [3.8, 4) is 0 Å². The van der Waals surface area contributed by atoms with Crippen LogP contribution in [0.5, 0.6) is 0 Å². The van der Waals surface area contributed by atoms with Gasteiger partial charge in [-0.15, -0.1) is 0 Å². The molecule has 0 aromatic carbocycles. The molecule has 0 spiro atoms. The van der Waals surface area contributed by atoms with Crippen molar-refractivity contribution < 1.29 is 0 Å². The van der Waals surface area contributed by atoms with Crippen LogP contribution in [0.1, 0.15) is 52.4 Å². The van der Waals surface area contributed by atoms with Crippen molar-refractivity contribution in [2.24, 2.45) is 28.2 Å². The second-order valence-corrected chi connectivity index (χ2v) is 9.36. The van der Waals surface area contributed by atoms with Crippen LogP contribution < -0.4 is 5.32 Å². The summed E-state index contributed by atoms with van der Waals surface area (Å²) in [6.45, 7) is 5.64. The van der Waals surface area contributed by atoms with Crippen LogP contribution in [0.15, 0.2) is 4.99 Å². The Morgan fingerprint density at radius 2 is 1.63 bits per heavy atom. The zero-order valence-corrected chi connectivity index (χ0v) is 13.1. The minimum atomic E-state index is 0.386. The molecule has 1 aliphatic heterocycles. The molecular formula is C16H26N2S. The third-order valence-corrected chi connectivity index (χ3v) is 7.09. The molecule has 0 aromatic rings. The van der Waals surface area contributed by atoms with Gasteiger partial charge in [-0.05, 0) is 61.7 Å². The van der Waals surface area contributed by atoms with Gasteiger partial charge in [0, 0.05) is 17.8 Å². The van der Waals surface area contributed by atoms with Gasteiger partial charge in [0.25, 0.3) is 0 Å². The van der Waals surface area contributed by atoms with Crippen molar-refractivity contribution in [3.63, 3.8) is 0 Å². The molecule has 4 saturated carbocycles. The van der Waals surface area contributed by atoms with E-state index in [4.69, 9.17) is 4.99 Å². The third-order valence-electron chi connectivity index (χ3n) is 5.66. The topological polar surface area (TPSA) is 24.4 Å². The molecule has 0 radical (unpaired) electrons. The Hall–Kier alpha value is -0.180. The van der Waals surface area contributed by atoms with Gasteiger partial charge in [-0.1, -0.05) is 25.6 Å². The molecule has 0 amide bonds. The van der Waals surface area contributed by atoms with Crippen molar-refractivity contribution in [2.45, 2.75) is 57.9 Å². The van der Waals surface area contributed by atoms with Crippen LogP contribution in [-0.4, -0.2) is 23.0 Å². The van der Waals surface area contributed by atoms with E-state index in [9.17, 15) is 0 Å². The van der Waals surface area contributed by atoms with E-state index in [0.29, 0.717) is 11.0 Å². The van der Waals surface area contributed by atoms with Gasteiger partial charge in [0.1, 0.15) is 0 Å². The van der Waals surface area contributed by atoms with Crippen molar-refractivity contribution in [2.75, 3.05) is 12.3 Å². The van der Waals surface area contributed by atoms with Crippen LogP contribution in [0.3, 0.4) is 0 Å². The predicted octanol–water partition coefficient (Wildman–Crippen LogP) is 3.67. The summed E-state index contributed by atoms with van der Waals surface area (Å²) >= 11 is 1.96. The quantitative estimate of drug-likeness (QED) is 0.791. The smallest absolute Gasteiger partial charge is 0.157 e. The molecular weight excluding hydrogens is 252 g/mol. The molecule has 1 heterocycles. The van der Waals surface area contributed by atoms with Gasteiger partial charge in [-0.3, -0.25) is 4.99 Å². The van der Waals surface area contributed by atoms with Crippen LogP contribution in [0.2, 0.25) is 0 Å². The zero-order chi connectivity index (χ0) is 13.1. The molecule has 2 nitrogen and oxygen atoms in total. The first-order valence-corrected chi connectivity index (χ1v) is 8.96. The first-order chi connectivity index (χ1) is 9.02. The van der Waals surface area contributed by atoms with Gasteiger partial charge < -0.3 is 5.32 Å². The van der Waals surface area contributed by atoms with Gasteiger partial charge in [0.05, 0.1) is 0 Å². The summed E-state index contributed by atoms with van der Waals surface area (Å²) in [6, 6.07) is 0. The summed E-state index contributed by atoms with van der Waals surface area (Å²) in [5, 5.41) is 5.17. The second-order valence-electron chi connectivity index (χ2n) is 8.40. The highest BCUT2D eigenvalue weighted by Crippen LogP contribution is 2.55. The molecule has 4 bridgehead atoms. The molecule has 0 unspecified atom stereocenters. The molecule has 5 rings (SSSR count). The van der Waals surface area contributed by atoms with Gasteiger partial charge in [-0.25, -0.2) is 0 Å². The number of aliphatic imine (C=N–C) groups is 1. The van der Waals surface area contributed by atoms with Crippen molar-refractivity contribution in [1.82, 2.24) is 5.32 Å². The molecule has 0 aromatic heterocycles. The summed E-state index contributed by atoms with van der Waals surface area (Å²) in [7, 11) is 0. The Labute approximate surface area is 121 Å². The van der Waals surface area contributed by atoms with Gasteiger partial charge in [0.15, 0.2) is 5.17 Å². The van der Waals surface area contributed by atoms with Crippen molar-refractivity contribution >= 4 is 16.9 Å². The molecule has 4 fully saturated rings. The fourth-order valence-electron chi connectivity index (χ4n) is 5.21. The number of hydrogen-bond donors (Lipinski definition) is 1. The van der Waals surface area contributed by atoms with Gasteiger partial charge >= 0.3 is 0 Å². The van der Waals surface area contributed by atoms with Crippen LogP contribution in [0.25, 0.3) is 0 Å². The largest absolute Gasteiger partial charge is 0.359 e. The number of nitrogens with zero attached hydrogens (tertiary/aromatic N) is 1. The normalized spacial score (nSPS) is 47.1. The van der Waals surface area contributed by atoms with E-state index in [2.05, 4.69) is 19.2 Å². The molecule has 3 heteroatoms. The average Bonchev–Trinajstić information content (AvgIpc) is 2.30. The first-order valence-electron chi connectivity index (χ1n) is 7.97. The summed E-state index contributed by atoms with van der Waals surface area (Å²) in [6.07, 6.45) is 8.82. The number of hydrogen-bond acceptors (Lipinski definition) is 3. The molecule has 19 heavy (non-hydrogen) atoms. The Morgan fingerprint density at radius 3 is 2.11 bits per heavy atom. The molecule has 0 saturated heterocycles. The lowest BCUT2D eigenvalue weighted by Gasteiger charge is -2.57. The Balaban J connectivity index is 1.49. The monoisotopic (exact) mass is 278 g/mol. The molecule has 106 valence electrons. The SMILES string of the molecule is CC1(C)CN=C(NC23CC4CC(CC(C4)C2)C3)SC1. The second kappa shape index (κ2) is 4.16. The molecule has 1 N–H and O–H groups in total. The first kappa shape index (κ1) is 12.6. The highest BCUT2D eigenvalue weighted by Gasteiger charge is 2.51. The summed E-state index contributed by atoms with van der Waals surface area (Å²) < 4.78 is 0. The summed E-state index contributed by atoms with van der Waals surface area (Å²) in [5.41, 5.74) is 0.819. The fourth-order valence-corrected chi connectivity index (χ4v) is 6.27. The third kappa shape index (κ3) is 2.32. The van der Waals surface area contributed by atoms with Gasteiger partial charge in [0.2, 0.25) is 0 Å². The van der Waals surface area contributed by atoms with Crippen LogP contribution in [0, 0.1) is 23.2 Å². The number of amidine groups is 1. The van der Waals surface area contributed by atoms with Crippen molar-refractivity contribution in [3.05, 3.63) is 0 Å². The number of thioether (sulfide) groups is 1. The maximum absolute atomic E-state index is 4.83. The predicted molar refractivity (Wildman–Crippen MR) is 82.6 cm³/mol. The minimum Gasteiger partial charge on any atom is -0.359 e. The maximum Gasteiger partial charge on any atom is 0.157 e. The lowest BCUT2D eigenvalue weighted by molar-refractivity contribution is -0.00970. The average molecular weight is 278 g/mol. The van der Waals surface area contributed by atoms with E-state index in [1.807, 2.05) is 11.8 Å². The Bertz CT molecular complexity index is 378. The van der Waals surface area contributed by atoms with E-state index in [-0.39, 0.29) is 0 Å². The molecule has 5 aliphatic rings. The van der Waals surface area contributed by atoms with E-state index >= 15 is 0 Å². The lowest BCUT2D eigenvalue weighted by Crippen LogP contribution is -2.59. The minimum absolute atomic E-state index is 0.386. The van der Waals surface area contributed by atoms with Crippen LogP contribution in [0.4, 0.5) is 0 Å². The van der Waals surface area contributed by atoms with E-state index in [1.54, 1.807) is 0 Å². The summed E-state index contributed by atoms with van der Waals surface area (Å²) in [5.74, 6) is 4.27. The zero-order valence-electron chi connectivity index (χ0n) is 12.2. The van der Waals surface area contributed by atoms with Crippen LogP contribution >= 0.6 is 11.8 Å². The number of rotatable bonds is 1. The van der Waals surface area contributed by atoms with E-state index in [1.165, 1.54) is 49.4 Å². The maximum atomic E-state index is 4.83. The Morgan fingerprint density at radius 1 is 1.05 bits per heavy atom.